The largest absolute Gasteiger partial charge is 0.733 e. The van der Waals surface area contributed by atoms with Crippen molar-refractivity contribution < 1.29 is 14.4 Å². The van der Waals surface area contributed by atoms with E-state index in [4.69, 9.17) is 9.62 Å². The van der Waals surface area contributed by atoms with E-state index in [0.717, 1.165) is 5.76 Å². The molecule has 7 nitrogen and oxygen atoms in total. The predicted molar refractivity (Wildman–Crippen MR) is 72.6 cm³/mol. The molecule has 1 heterocycles. The van der Waals surface area contributed by atoms with E-state index in [-0.39, 0.29) is 10.9 Å². The highest BCUT2D eigenvalue weighted by Gasteiger charge is 2.04. The number of anilines is 1. The van der Waals surface area contributed by atoms with Gasteiger partial charge in [0.1, 0.15) is 11.5 Å². The van der Waals surface area contributed by atoms with Crippen molar-refractivity contribution in [3.8, 4) is 0 Å². The first-order chi connectivity index (χ1) is 9.56. The number of hydrogen-bond donors (Lipinski definition) is 2. The fraction of sp³-hybridized carbons (Fsp3) is 0.0769. The molecule has 0 spiro atoms. The fourth-order valence-electron chi connectivity index (χ4n) is 1.48. The van der Waals surface area contributed by atoms with Gasteiger partial charge in [-0.05, 0) is 43.3 Å². The van der Waals surface area contributed by atoms with Crippen LogP contribution in [-0.2, 0) is 0 Å². The number of carbonyl (C=O) groups excluding carboxylic acids is 1. The van der Waals surface area contributed by atoms with E-state index in [1.165, 1.54) is 30.5 Å². The van der Waals surface area contributed by atoms with Crippen LogP contribution in [0.25, 0.3) is 0 Å². The van der Waals surface area contributed by atoms with Crippen molar-refractivity contribution in [2.75, 3.05) is 5.23 Å². The second-order valence-electron chi connectivity index (χ2n) is 3.97. The molecule has 1 aromatic heterocycles. The number of amides is 1. The molecule has 0 saturated carbocycles. The summed E-state index contributed by atoms with van der Waals surface area (Å²) in [7, 11) is 0. The first-order valence-corrected chi connectivity index (χ1v) is 5.72. The van der Waals surface area contributed by atoms with Gasteiger partial charge in [-0.1, -0.05) is 0 Å². The molecule has 0 aliphatic carbocycles. The maximum atomic E-state index is 11.7. The van der Waals surface area contributed by atoms with Crippen LogP contribution in [0.5, 0.6) is 0 Å². The molecule has 0 radical (unpaired) electrons. The number of hydrazone groups is 1. The molecule has 0 bridgehead atoms. The number of nitrogens with zero attached hydrogens (tertiary/aromatic N) is 2. The van der Waals surface area contributed by atoms with Crippen LogP contribution in [-0.4, -0.2) is 17.3 Å². The number of carbonyl (C=O) groups is 1. The molecule has 2 aromatic rings. The maximum Gasteiger partial charge on any atom is 0.271 e. The van der Waals surface area contributed by atoms with Gasteiger partial charge in [0, 0.05) is 5.56 Å². The predicted octanol–water partition coefficient (Wildman–Crippen LogP) is 2.05. The summed E-state index contributed by atoms with van der Waals surface area (Å²) in [6.45, 7) is 1.80. The van der Waals surface area contributed by atoms with Gasteiger partial charge in [0.25, 0.3) is 5.91 Å². The van der Waals surface area contributed by atoms with Gasteiger partial charge in [-0.15, -0.1) is 0 Å². The fourth-order valence-corrected chi connectivity index (χ4v) is 1.48. The van der Waals surface area contributed by atoms with Crippen LogP contribution in [0.3, 0.4) is 0 Å². The summed E-state index contributed by atoms with van der Waals surface area (Å²) in [6, 6.07) is 8.95. The quantitative estimate of drug-likeness (QED) is 0.656. The zero-order valence-electron chi connectivity index (χ0n) is 10.6. The van der Waals surface area contributed by atoms with Gasteiger partial charge in [0.05, 0.1) is 11.9 Å². The van der Waals surface area contributed by atoms with Crippen LogP contribution in [0, 0.1) is 12.1 Å². The lowest BCUT2D eigenvalue weighted by atomic mass is 10.2. The minimum absolute atomic E-state index is 0.0381. The number of aryl methyl sites for hydroxylation is 1. The second-order valence-corrected chi connectivity index (χ2v) is 3.97. The molecule has 7 heteroatoms. The van der Waals surface area contributed by atoms with Crippen molar-refractivity contribution in [3.05, 3.63) is 58.7 Å². The van der Waals surface area contributed by atoms with E-state index in [2.05, 4.69) is 10.5 Å². The molecule has 0 fully saturated rings. The summed E-state index contributed by atoms with van der Waals surface area (Å²) in [5.41, 5.74) is 2.67. The molecule has 0 aliphatic rings. The first-order valence-electron chi connectivity index (χ1n) is 5.72. The lowest BCUT2D eigenvalue weighted by molar-refractivity contribution is 0.0955. The zero-order chi connectivity index (χ0) is 14.5. The van der Waals surface area contributed by atoms with Gasteiger partial charge in [-0.2, -0.15) is 5.10 Å². The Morgan fingerprint density at radius 1 is 1.35 bits per heavy atom. The van der Waals surface area contributed by atoms with Crippen molar-refractivity contribution in [1.82, 2.24) is 5.43 Å². The van der Waals surface area contributed by atoms with Gasteiger partial charge >= 0.3 is 0 Å². The molecule has 2 rings (SSSR count). The first kappa shape index (κ1) is 13.8. The van der Waals surface area contributed by atoms with Crippen molar-refractivity contribution in [3.63, 3.8) is 0 Å². The summed E-state index contributed by atoms with van der Waals surface area (Å²) in [5, 5.41) is 22.7. The Kier molecular flexibility index (Phi) is 4.14. The van der Waals surface area contributed by atoms with Crippen molar-refractivity contribution in [2.24, 2.45) is 5.10 Å². The average Bonchev–Trinajstić information content (AvgIpc) is 2.84. The summed E-state index contributed by atoms with van der Waals surface area (Å²) in [6.07, 6.45) is 1.38. The SMILES string of the molecule is Cc1ccc(C=NNC(=O)c2ccc(N([O-])O)cc2)o1. The average molecular weight is 274 g/mol. The Morgan fingerprint density at radius 3 is 2.60 bits per heavy atom. The third-order valence-electron chi connectivity index (χ3n) is 2.47. The number of benzene rings is 1. The van der Waals surface area contributed by atoms with Gasteiger partial charge in [0.2, 0.25) is 0 Å². The van der Waals surface area contributed by atoms with Crippen LogP contribution in [0.15, 0.2) is 45.9 Å². The van der Waals surface area contributed by atoms with Crippen molar-refractivity contribution >= 4 is 17.8 Å². The number of hydrogen-bond acceptors (Lipinski definition) is 6. The minimum atomic E-state index is -0.438. The highest BCUT2D eigenvalue weighted by Crippen LogP contribution is 2.12. The molecule has 104 valence electrons. The Hall–Kier alpha value is -2.64. The van der Waals surface area contributed by atoms with Crippen LogP contribution < -0.4 is 10.7 Å². The van der Waals surface area contributed by atoms with Crippen LogP contribution in [0.2, 0.25) is 0 Å². The van der Waals surface area contributed by atoms with Crippen LogP contribution in [0.4, 0.5) is 5.69 Å². The third-order valence-corrected chi connectivity index (χ3v) is 2.47. The lowest BCUT2D eigenvalue weighted by Crippen LogP contribution is -2.17. The highest BCUT2D eigenvalue weighted by atomic mass is 16.8. The highest BCUT2D eigenvalue weighted by molar-refractivity contribution is 5.95. The third kappa shape index (κ3) is 3.44. The van der Waals surface area contributed by atoms with E-state index in [1.807, 2.05) is 0 Å². The van der Waals surface area contributed by atoms with E-state index >= 15 is 0 Å². The topological polar surface area (TPSA) is 101 Å². The molecule has 20 heavy (non-hydrogen) atoms. The Balaban J connectivity index is 1.96. The molecule has 2 N–H and O–H groups in total. The molecule has 1 aromatic carbocycles. The monoisotopic (exact) mass is 274 g/mol. The van der Waals surface area contributed by atoms with E-state index in [0.29, 0.717) is 11.3 Å². The van der Waals surface area contributed by atoms with E-state index in [1.54, 1.807) is 19.1 Å². The molecule has 0 atom stereocenters. The Morgan fingerprint density at radius 2 is 2.05 bits per heavy atom. The summed E-state index contributed by atoms with van der Waals surface area (Å²) in [5.74, 6) is 0.839. The minimum Gasteiger partial charge on any atom is -0.733 e. The van der Waals surface area contributed by atoms with E-state index < -0.39 is 5.91 Å². The molecule has 0 saturated heterocycles. The van der Waals surface area contributed by atoms with Crippen molar-refractivity contribution in [1.29, 1.82) is 0 Å². The zero-order valence-corrected chi connectivity index (χ0v) is 10.6. The normalized spacial score (nSPS) is 10.8. The molecular weight excluding hydrogens is 262 g/mol. The number of rotatable bonds is 4. The number of nitrogens with one attached hydrogen (secondary N) is 1. The van der Waals surface area contributed by atoms with Gasteiger partial charge in [-0.25, -0.2) is 5.43 Å². The summed E-state index contributed by atoms with van der Waals surface area (Å²) >= 11 is 0. The molecule has 1 amide bonds. The summed E-state index contributed by atoms with van der Waals surface area (Å²) in [4.78, 5) is 11.7. The molecule has 0 aliphatic heterocycles. The standard InChI is InChI=1S/C13H12N3O4/c1-9-2-7-12(20-9)8-14-15-13(17)10-3-5-11(6-4-10)16(18)19/h2-8,18H,1H3,(H,15,17)/q-1. The number of furan rings is 1. The second kappa shape index (κ2) is 6.00. The van der Waals surface area contributed by atoms with Crippen LogP contribution >= 0.6 is 0 Å². The molecule has 0 unspecified atom stereocenters. The lowest BCUT2D eigenvalue weighted by Gasteiger charge is -2.21. The van der Waals surface area contributed by atoms with Crippen molar-refractivity contribution in [2.45, 2.75) is 6.92 Å². The van der Waals surface area contributed by atoms with Gasteiger partial charge < -0.3 is 14.9 Å². The smallest absolute Gasteiger partial charge is 0.271 e. The van der Waals surface area contributed by atoms with Crippen LogP contribution in [0.1, 0.15) is 21.9 Å². The molecular formula is C13H12N3O4-. The maximum absolute atomic E-state index is 11.7. The van der Waals surface area contributed by atoms with Gasteiger partial charge in [0.15, 0.2) is 0 Å². The Bertz CT molecular complexity index is 617. The van der Waals surface area contributed by atoms with Gasteiger partial charge in [-0.3, -0.25) is 10.0 Å². The Labute approximate surface area is 114 Å². The summed E-state index contributed by atoms with van der Waals surface area (Å²) < 4.78 is 5.24. The van der Waals surface area contributed by atoms with E-state index in [9.17, 15) is 10.0 Å².